The summed E-state index contributed by atoms with van der Waals surface area (Å²) in [4.78, 5) is 12.1. The van der Waals surface area contributed by atoms with E-state index in [4.69, 9.17) is 0 Å². The van der Waals surface area contributed by atoms with Gasteiger partial charge in [-0.15, -0.1) is 0 Å². The molecule has 0 bridgehead atoms. The van der Waals surface area contributed by atoms with Gasteiger partial charge >= 0.3 is 0 Å². The van der Waals surface area contributed by atoms with Crippen LogP contribution in [0, 0.1) is 6.92 Å². The molecule has 0 aromatic carbocycles. The van der Waals surface area contributed by atoms with Crippen molar-refractivity contribution in [3.63, 3.8) is 0 Å². The number of carbonyl (C=O) groups is 1. The van der Waals surface area contributed by atoms with E-state index in [1.807, 2.05) is 20.9 Å². The number of aryl methyl sites for hydroxylation is 1. The Bertz CT molecular complexity index is 623. The minimum Gasteiger partial charge on any atom is -0.349 e. The largest absolute Gasteiger partial charge is 0.349 e. The smallest absolute Gasteiger partial charge is 0.222 e. The molecule has 2 rings (SSSR count). The monoisotopic (exact) mass is 314 g/mol. The number of nitrogens with one attached hydrogen (secondary N) is 2. The minimum absolute atomic E-state index is 0.0285. The Morgan fingerprint density at radius 2 is 2.33 bits per heavy atom. The second-order valence-corrected chi connectivity index (χ2v) is 7.80. The van der Waals surface area contributed by atoms with Gasteiger partial charge in [-0.2, -0.15) is 5.10 Å². The molecule has 7 nitrogen and oxygen atoms in total. The molecule has 1 aliphatic rings. The van der Waals surface area contributed by atoms with Crippen LogP contribution in [0.4, 0.5) is 0 Å². The predicted molar refractivity (Wildman–Crippen MR) is 79.6 cm³/mol. The van der Waals surface area contributed by atoms with Crippen molar-refractivity contribution in [2.75, 3.05) is 18.1 Å². The van der Waals surface area contributed by atoms with Crippen LogP contribution < -0.4 is 10.6 Å². The summed E-state index contributed by atoms with van der Waals surface area (Å²) in [5, 5.41) is 10.1. The molecule has 0 spiro atoms. The second kappa shape index (κ2) is 6.15. The van der Waals surface area contributed by atoms with Gasteiger partial charge in [-0.1, -0.05) is 0 Å². The molecule has 0 radical (unpaired) electrons. The van der Waals surface area contributed by atoms with E-state index in [0.717, 1.165) is 11.3 Å². The number of hydrogen-bond acceptors (Lipinski definition) is 5. The van der Waals surface area contributed by atoms with Crippen molar-refractivity contribution in [1.29, 1.82) is 0 Å². The van der Waals surface area contributed by atoms with Gasteiger partial charge in [-0.3, -0.25) is 9.48 Å². The lowest BCUT2D eigenvalue weighted by Crippen LogP contribution is -2.47. The molecule has 1 aliphatic heterocycles. The second-order valence-electron chi connectivity index (χ2n) is 5.57. The molecule has 1 aromatic heterocycles. The third kappa shape index (κ3) is 4.04. The molecular formula is C13H22N4O3S. The summed E-state index contributed by atoms with van der Waals surface area (Å²) < 4.78 is 24.9. The maximum absolute atomic E-state index is 12.1. The Kier molecular flexibility index (Phi) is 4.67. The molecule has 1 aromatic rings. The Morgan fingerprint density at radius 3 is 2.90 bits per heavy atom. The molecule has 2 unspecified atom stereocenters. The average Bonchev–Trinajstić information content (AvgIpc) is 2.68. The lowest BCUT2D eigenvalue weighted by molar-refractivity contribution is -0.122. The van der Waals surface area contributed by atoms with Gasteiger partial charge in [0, 0.05) is 37.3 Å². The summed E-state index contributed by atoms with van der Waals surface area (Å²) in [5.41, 5.74) is 1.97. The first kappa shape index (κ1) is 16.0. The summed E-state index contributed by atoms with van der Waals surface area (Å²) in [5.74, 6) is 0.0253. The average molecular weight is 314 g/mol. The molecule has 0 aliphatic carbocycles. The fourth-order valence-electron chi connectivity index (χ4n) is 2.54. The van der Waals surface area contributed by atoms with E-state index in [1.54, 1.807) is 10.9 Å². The van der Waals surface area contributed by atoms with E-state index in [9.17, 15) is 13.2 Å². The number of carbonyl (C=O) groups excluding carboxylic acids is 1. The Morgan fingerprint density at radius 1 is 1.62 bits per heavy atom. The predicted octanol–water partition coefficient (Wildman–Crippen LogP) is -0.318. The maximum atomic E-state index is 12.1. The molecular weight excluding hydrogens is 292 g/mol. The lowest BCUT2D eigenvalue weighted by atomic mass is 10.1. The Balaban J connectivity index is 1.91. The molecule has 1 saturated heterocycles. The first-order chi connectivity index (χ1) is 9.78. The normalized spacial score (nSPS) is 22.7. The number of aromatic nitrogens is 2. The van der Waals surface area contributed by atoms with Crippen LogP contribution in [-0.4, -0.2) is 48.2 Å². The zero-order valence-corrected chi connectivity index (χ0v) is 13.4. The van der Waals surface area contributed by atoms with E-state index in [2.05, 4.69) is 15.7 Å². The highest BCUT2D eigenvalue weighted by Crippen LogP contribution is 2.16. The van der Waals surface area contributed by atoms with Gasteiger partial charge in [0.1, 0.15) is 0 Å². The summed E-state index contributed by atoms with van der Waals surface area (Å²) in [6, 6.07) is -0.447. The van der Waals surface area contributed by atoms with Crippen LogP contribution in [-0.2, 0) is 21.7 Å². The van der Waals surface area contributed by atoms with Crippen LogP contribution in [0.3, 0.4) is 0 Å². The van der Waals surface area contributed by atoms with Crippen LogP contribution in [0.2, 0.25) is 0 Å². The molecule has 2 heterocycles. The number of rotatable bonds is 4. The van der Waals surface area contributed by atoms with Gasteiger partial charge in [0.25, 0.3) is 0 Å². The number of amides is 1. The van der Waals surface area contributed by atoms with E-state index in [-0.39, 0.29) is 35.9 Å². The van der Waals surface area contributed by atoms with Gasteiger partial charge in [0.2, 0.25) is 5.91 Å². The molecule has 118 valence electrons. The van der Waals surface area contributed by atoms with Crippen LogP contribution in [0.25, 0.3) is 0 Å². The topological polar surface area (TPSA) is 93.1 Å². The molecule has 2 atom stereocenters. The summed E-state index contributed by atoms with van der Waals surface area (Å²) in [6.45, 7) is 4.25. The first-order valence-corrected chi connectivity index (χ1v) is 8.82. The highest BCUT2D eigenvalue weighted by Gasteiger charge is 2.26. The zero-order chi connectivity index (χ0) is 15.6. The van der Waals surface area contributed by atoms with Gasteiger partial charge in [0.05, 0.1) is 23.7 Å². The van der Waals surface area contributed by atoms with Crippen molar-refractivity contribution < 1.29 is 13.2 Å². The lowest BCUT2D eigenvalue weighted by Gasteiger charge is -2.24. The van der Waals surface area contributed by atoms with E-state index >= 15 is 0 Å². The van der Waals surface area contributed by atoms with Crippen molar-refractivity contribution in [1.82, 2.24) is 20.4 Å². The number of hydrogen-bond donors (Lipinski definition) is 2. The quantitative estimate of drug-likeness (QED) is 0.795. The van der Waals surface area contributed by atoms with Crippen LogP contribution in [0.5, 0.6) is 0 Å². The minimum atomic E-state index is -3.02. The SMILES string of the molecule is Cc1c(C(C)NC(=O)CC2CS(=O)(=O)CCN2)cnn1C. The Hall–Kier alpha value is -1.41. The van der Waals surface area contributed by atoms with E-state index in [1.165, 1.54) is 0 Å². The number of sulfone groups is 1. The van der Waals surface area contributed by atoms with Crippen molar-refractivity contribution >= 4 is 15.7 Å². The zero-order valence-electron chi connectivity index (χ0n) is 12.6. The molecule has 21 heavy (non-hydrogen) atoms. The summed E-state index contributed by atoms with van der Waals surface area (Å²) >= 11 is 0. The molecule has 1 fully saturated rings. The summed E-state index contributed by atoms with van der Waals surface area (Å²) in [7, 11) is -1.17. The highest BCUT2D eigenvalue weighted by atomic mass is 32.2. The maximum Gasteiger partial charge on any atom is 0.222 e. The van der Waals surface area contributed by atoms with Gasteiger partial charge in [-0.05, 0) is 13.8 Å². The van der Waals surface area contributed by atoms with E-state index in [0.29, 0.717) is 6.54 Å². The van der Waals surface area contributed by atoms with Gasteiger partial charge in [0.15, 0.2) is 9.84 Å². The van der Waals surface area contributed by atoms with Gasteiger partial charge < -0.3 is 10.6 Å². The first-order valence-electron chi connectivity index (χ1n) is 7.00. The van der Waals surface area contributed by atoms with Crippen LogP contribution in [0.1, 0.15) is 30.6 Å². The molecule has 2 N–H and O–H groups in total. The van der Waals surface area contributed by atoms with E-state index < -0.39 is 9.84 Å². The van der Waals surface area contributed by atoms with Crippen molar-refractivity contribution in [2.24, 2.45) is 7.05 Å². The fourth-order valence-corrected chi connectivity index (χ4v) is 3.99. The molecule has 1 amide bonds. The van der Waals surface area contributed by atoms with Crippen molar-refractivity contribution in [3.8, 4) is 0 Å². The fraction of sp³-hybridized carbons (Fsp3) is 0.692. The molecule has 0 saturated carbocycles. The Labute approximate surface area is 125 Å². The third-order valence-corrected chi connectivity index (χ3v) is 5.59. The summed E-state index contributed by atoms with van der Waals surface area (Å²) in [6.07, 6.45) is 1.91. The third-order valence-electron chi connectivity index (χ3n) is 3.85. The number of nitrogens with zero attached hydrogens (tertiary/aromatic N) is 2. The van der Waals surface area contributed by atoms with Gasteiger partial charge in [-0.25, -0.2) is 8.42 Å². The highest BCUT2D eigenvalue weighted by molar-refractivity contribution is 7.91. The standard InChI is InChI=1S/C13H22N4O3S/c1-9(12-7-15-17(3)10(12)2)16-13(18)6-11-8-21(19,20)5-4-14-11/h7,9,11,14H,4-6,8H2,1-3H3,(H,16,18). The van der Waals surface area contributed by atoms with Crippen LogP contribution >= 0.6 is 0 Å². The van der Waals surface area contributed by atoms with Crippen LogP contribution in [0.15, 0.2) is 6.20 Å². The molecule has 8 heteroatoms. The van der Waals surface area contributed by atoms with Crippen molar-refractivity contribution in [2.45, 2.75) is 32.4 Å². The van der Waals surface area contributed by atoms with Crippen molar-refractivity contribution in [3.05, 3.63) is 17.5 Å².